The molecule has 7 nitrogen and oxygen atoms in total. The van der Waals surface area contributed by atoms with E-state index in [4.69, 9.17) is 9.47 Å². The Morgan fingerprint density at radius 3 is 2.29 bits per heavy atom. The summed E-state index contributed by atoms with van der Waals surface area (Å²) in [6.45, 7) is 11.8. The maximum absolute atomic E-state index is 12.2. The lowest BCUT2D eigenvalue weighted by atomic mass is 9.60. The first-order chi connectivity index (χ1) is 14.7. The minimum atomic E-state index is -0.435. The number of ether oxygens (including phenoxy) is 2. The number of rotatable bonds is 5. The van der Waals surface area contributed by atoms with E-state index in [1.165, 1.54) is 0 Å². The molecular formula is C24H35N3O4. The lowest BCUT2D eigenvalue weighted by Crippen LogP contribution is -2.69. The van der Waals surface area contributed by atoms with Crippen molar-refractivity contribution in [3.8, 4) is 0 Å². The number of hydrogen-bond acceptors (Lipinski definition) is 6. The van der Waals surface area contributed by atoms with Crippen LogP contribution in [0.3, 0.4) is 0 Å². The van der Waals surface area contributed by atoms with Crippen LogP contribution in [0.4, 0.5) is 4.79 Å². The summed E-state index contributed by atoms with van der Waals surface area (Å²) in [5, 5.41) is 0. The van der Waals surface area contributed by atoms with Gasteiger partial charge < -0.3 is 14.4 Å². The molecule has 1 spiro atoms. The van der Waals surface area contributed by atoms with Crippen molar-refractivity contribution in [1.29, 1.82) is 0 Å². The van der Waals surface area contributed by atoms with E-state index in [0.29, 0.717) is 24.6 Å². The third kappa shape index (κ3) is 5.57. The van der Waals surface area contributed by atoms with Crippen molar-refractivity contribution in [2.75, 3.05) is 45.8 Å². The van der Waals surface area contributed by atoms with Gasteiger partial charge in [-0.2, -0.15) is 0 Å². The molecule has 0 aromatic heterocycles. The van der Waals surface area contributed by atoms with Gasteiger partial charge in [0.05, 0.1) is 6.54 Å². The Kier molecular flexibility index (Phi) is 6.26. The van der Waals surface area contributed by atoms with Crippen molar-refractivity contribution >= 4 is 12.1 Å². The first-order valence-corrected chi connectivity index (χ1v) is 11.4. The molecule has 0 N–H and O–H groups in total. The average Bonchev–Trinajstić information content (AvgIpc) is 2.65. The van der Waals surface area contributed by atoms with E-state index < -0.39 is 5.60 Å². The van der Waals surface area contributed by atoms with E-state index in [-0.39, 0.29) is 12.1 Å². The standard InChI is InChI=1S/C24H35N3O4/c1-23(2,3)31-22(29)27-17-24(18-27)13-20(14-24)26-11-9-25(10-12-26)15-21(28)30-16-19-7-5-4-6-8-19/h4-8,20H,9-18H2,1-3H3. The second-order valence-corrected chi connectivity index (χ2v) is 10.4. The van der Waals surface area contributed by atoms with Crippen molar-refractivity contribution < 1.29 is 19.1 Å². The molecule has 7 heteroatoms. The zero-order valence-corrected chi connectivity index (χ0v) is 19.0. The number of amides is 1. The fraction of sp³-hybridized carbons (Fsp3) is 0.667. The molecule has 1 saturated carbocycles. The normalized spacial score (nSPS) is 22.0. The van der Waals surface area contributed by atoms with E-state index in [1.807, 2.05) is 56.0 Å². The molecule has 3 fully saturated rings. The maximum atomic E-state index is 12.2. The molecule has 1 aromatic carbocycles. The fourth-order valence-electron chi connectivity index (χ4n) is 4.93. The van der Waals surface area contributed by atoms with Crippen LogP contribution in [0, 0.1) is 5.41 Å². The summed E-state index contributed by atoms with van der Waals surface area (Å²) in [6.07, 6.45) is 2.13. The lowest BCUT2D eigenvalue weighted by molar-refractivity contribution is -0.147. The highest BCUT2D eigenvalue weighted by atomic mass is 16.6. The van der Waals surface area contributed by atoms with E-state index in [1.54, 1.807) is 0 Å². The molecule has 2 aliphatic heterocycles. The molecule has 170 valence electrons. The van der Waals surface area contributed by atoms with Crippen LogP contribution in [-0.2, 0) is 20.9 Å². The van der Waals surface area contributed by atoms with Gasteiger partial charge in [-0.25, -0.2) is 4.79 Å². The number of likely N-dealkylation sites (tertiary alicyclic amines) is 1. The molecule has 1 aliphatic carbocycles. The van der Waals surface area contributed by atoms with E-state index >= 15 is 0 Å². The topological polar surface area (TPSA) is 62.3 Å². The minimum absolute atomic E-state index is 0.156. The molecule has 0 atom stereocenters. The Bertz CT molecular complexity index is 770. The summed E-state index contributed by atoms with van der Waals surface area (Å²) in [6, 6.07) is 10.4. The first-order valence-electron chi connectivity index (χ1n) is 11.4. The molecule has 1 aromatic rings. The first kappa shape index (κ1) is 22.1. The van der Waals surface area contributed by atoms with Crippen LogP contribution in [0.15, 0.2) is 30.3 Å². The molecule has 3 aliphatic rings. The highest BCUT2D eigenvalue weighted by Gasteiger charge is 2.55. The molecule has 2 saturated heterocycles. The third-order valence-corrected chi connectivity index (χ3v) is 6.56. The van der Waals surface area contributed by atoms with E-state index in [2.05, 4.69) is 9.80 Å². The molecule has 2 heterocycles. The Morgan fingerprint density at radius 1 is 1.03 bits per heavy atom. The Morgan fingerprint density at radius 2 is 1.68 bits per heavy atom. The van der Waals surface area contributed by atoms with Crippen molar-refractivity contribution in [3.05, 3.63) is 35.9 Å². The second-order valence-electron chi connectivity index (χ2n) is 10.4. The summed E-state index contributed by atoms with van der Waals surface area (Å²) in [7, 11) is 0. The van der Waals surface area contributed by atoms with E-state index in [0.717, 1.165) is 57.7 Å². The van der Waals surface area contributed by atoms with Crippen molar-refractivity contribution in [2.45, 2.75) is 51.9 Å². The van der Waals surface area contributed by atoms with E-state index in [9.17, 15) is 9.59 Å². The number of esters is 1. The van der Waals surface area contributed by atoms with Crippen LogP contribution in [0.5, 0.6) is 0 Å². The summed E-state index contributed by atoms with van der Waals surface area (Å²) >= 11 is 0. The monoisotopic (exact) mass is 429 g/mol. The van der Waals surface area contributed by atoms with Gasteiger partial charge >= 0.3 is 12.1 Å². The highest BCUT2D eigenvalue weighted by Crippen LogP contribution is 2.50. The van der Waals surface area contributed by atoms with Crippen LogP contribution < -0.4 is 0 Å². The Labute approximate surface area is 185 Å². The average molecular weight is 430 g/mol. The molecule has 1 amide bonds. The second kappa shape index (κ2) is 8.79. The summed E-state index contributed by atoms with van der Waals surface area (Å²) < 4.78 is 10.9. The maximum Gasteiger partial charge on any atom is 0.410 e. The van der Waals surface area contributed by atoms with Gasteiger partial charge in [0, 0.05) is 50.7 Å². The predicted molar refractivity (Wildman–Crippen MR) is 118 cm³/mol. The van der Waals surface area contributed by atoms with Crippen molar-refractivity contribution in [2.24, 2.45) is 5.41 Å². The predicted octanol–water partition coefficient (Wildman–Crippen LogP) is 2.75. The molecule has 0 unspecified atom stereocenters. The minimum Gasteiger partial charge on any atom is -0.460 e. The van der Waals surface area contributed by atoms with Gasteiger partial charge in [0.25, 0.3) is 0 Å². The summed E-state index contributed by atoms with van der Waals surface area (Å²) in [5.74, 6) is -0.156. The molecule has 0 bridgehead atoms. The number of hydrogen-bond donors (Lipinski definition) is 0. The summed E-state index contributed by atoms with van der Waals surface area (Å²) in [4.78, 5) is 30.9. The quantitative estimate of drug-likeness (QED) is 0.671. The number of benzene rings is 1. The van der Waals surface area contributed by atoms with Gasteiger partial charge in [0.1, 0.15) is 12.2 Å². The zero-order chi connectivity index (χ0) is 22.1. The molecule has 31 heavy (non-hydrogen) atoms. The Hall–Kier alpha value is -2.12. The smallest absolute Gasteiger partial charge is 0.410 e. The Balaban J connectivity index is 1.11. The van der Waals surface area contributed by atoms with Gasteiger partial charge in [-0.15, -0.1) is 0 Å². The van der Waals surface area contributed by atoms with Crippen LogP contribution >= 0.6 is 0 Å². The van der Waals surface area contributed by atoms with Crippen molar-refractivity contribution in [1.82, 2.24) is 14.7 Å². The number of carbonyl (C=O) groups is 2. The molecule has 4 rings (SSSR count). The van der Waals surface area contributed by atoms with Gasteiger partial charge in [-0.3, -0.25) is 14.6 Å². The van der Waals surface area contributed by atoms with Gasteiger partial charge in [-0.1, -0.05) is 30.3 Å². The summed E-state index contributed by atoms with van der Waals surface area (Å²) in [5.41, 5.74) is 0.885. The van der Waals surface area contributed by atoms with Crippen LogP contribution in [0.2, 0.25) is 0 Å². The van der Waals surface area contributed by atoms with Crippen LogP contribution in [0.1, 0.15) is 39.2 Å². The lowest BCUT2D eigenvalue weighted by Gasteiger charge is -2.61. The van der Waals surface area contributed by atoms with Gasteiger partial charge in [0.2, 0.25) is 0 Å². The molecular weight excluding hydrogens is 394 g/mol. The third-order valence-electron chi connectivity index (χ3n) is 6.56. The molecule has 0 radical (unpaired) electrons. The largest absolute Gasteiger partial charge is 0.460 e. The SMILES string of the molecule is CC(C)(C)OC(=O)N1CC2(CC(N3CCN(CC(=O)OCc4ccccc4)CC3)C2)C1. The highest BCUT2D eigenvalue weighted by molar-refractivity contribution is 5.71. The van der Waals surface area contributed by atoms with Crippen molar-refractivity contribution in [3.63, 3.8) is 0 Å². The fourth-order valence-corrected chi connectivity index (χ4v) is 4.93. The number of piperazine rings is 1. The van der Waals surface area contributed by atoms with Crippen LogP contribution in [0.25, 0.3) is 0 Å². The van der Waals surface area contributed by atoms with Gasteiger partial charge in [0.15, 0.2) is 0 Å². The van der Waals surface area contributed by atoms with Gasteiger partial charge in [-0.05, 0) is 39.2 Å². The zero-order valence-electron chi connectivity index (χ0n) is 19.0. The number of carbonyl (C=O) groups excluding carboxylic acids is 2. The van der Waals surface area contributed by atoms with Crippen LogP contribution in [-0.4, -0.2) is 84.2 Å². The number of nitrogens with zero attached hydrogens (tertiary/aromatic N) is 3.